The number of hydrogen-bond acceptors (Lipinski definition) is 3. The third-order valence-corrected chi connectivity index (χ3v) is 1.61. The first-order valence-electron chi connectivity index (χ1n) is 4.08. The molecule has 0 N–H and O–H groups in total. The Morgan fingerprint density at radius 3 is 2.86 bits per heavy atom. The van der Waals surface area contributed by atoms with Crippen molar-refractivity contribution >= 4 is 5.97 Å². The van der Waals surface area contributed by atoms with E-state index in [4.69, 9.17) is 4.74 Å². The number of allylic oxidation sites excluding steroid dienone is 1. The number of ether oxygens (including phenoxy) is 2. The molecule has 1 heterocycles. The van der Waals surface area contributed by atoms with E-state index in [9.17, 15) is 18.0 Å². The molecule has 0 aromatic heterocycles. The molecular weight excluding hydrogens is 201 g/mol. The van der Waals surface area contributed by atoms with E-state index in [1.54, 1.807) is 6.08 Å². The van der Waals surface area contributed by atoms with E-state index in [0.29, 0.717) is 12.8 Å². The SMILES string of the molecule is O=C(OC1CCCC=CO1)C(F)(F)F. The minimum atomic E-state index is -4.96. The normalized spacial score (nSPS) is 22.4. The average molecular weight is 210 g/mol. The molecular formula is C8H9F3O3. The highest BCUT2D eigenvalue weighted by Gasteiger charge is 2.42. The first kappa shape index (κ1) is 10.9. The average Bonchev–Trinajstić information content (AvgIpc) is 2.31. The van der Waals surface area contributed by atoms with Crippen LogP contribution in [0.3, 0.4) is 0 Å². The molecule has 1 aliphatic rings. The van der Waals surface area contributed by atoms with Crippen molar-refractivity contribution in [1.82, 2.24) is 0 Å². The van der Waals surface area contributed by atoms with Gasteiger partial charge in [0, 0.05) is 6.42 Å². The number of carbonyl (C=O) groups is 1. The van der Waals surface area contributed by atoms with Gasteiger partial charge < -0.3 is 9.47 Å². The van der Waals surface area contributed by atoms with Crippen LogP contribution in [0.2, 0.25) is 0 Å². The minimum absolute atomic E-state index is 0.273. The van der Waals surface area contributed by atoms with Crippen molar-refractivity contribution in [2.45, 2.75) is 31.7 Å². The Bertz CT molecular complexity index is 234. The molecule has 3 nitrogen and oxygen atoms in total. The Balaban J connectivity index is 2.43. The first-order valence-corrected chi connectivity index (χ1v) is 4.08. The van der Waals surface area contributed by atoms with E-state index in [1.807, 2.05) is 0 Å². The molecule has 0 saturated heterocycles. The number of rotatable bonds is 1. The third kappa shape index (κ3) is 3.27. The van der Waals surface area contributed by atoms with E-state index >= 15 is 0 Å². The zero-order chi connectivity index (χ0) is 10.6. The van der Waals surface area contributed by atoms with Gasteiger partial charge in [-0.3, -0.25) is 0 Å². The lowest BCUT2D eigenvalue weighted by atomic mass is 10.2. The van der Waals surface area contributed by atoms with Gasteiger partial charge in [-0.25, -0.2) is 4.79 Å². The molecule has 0 radical (unpaired) electrons. The number of esters is 1. The molecule has 1 aliphatic heterocycles. The van der Waals surface area contributed by atoms with Crippen LogP contribution in [-0.4, -0.2) is 18.4 Å². The highest BCUT2D eigenvalue weighted by molar-refractivity contribution is 5.75. The number of hydrogen-bond donors (Lipinski definition) is 0. The summed E-state index contributed by atoms with van der Waals surface area (Å²) in [6.45, 7) is 0. The summed E-state index contributed by atoms with van der Waals surface area (Å²) in [5.74, 6) is -2.21. The van der Waals surface area contributed by atoms with Crippen LogP contribution < -0.4 is 0 Å². The summed E-state index contributed by atoms with van der Waals surface area (Å²) in [6, 6.07) is 0. The maximum absolute atomic E-state index is 11.8. The summed E-state index contributed by atoms with van der Waals surface area (Å²) < 4.78 is 44.1. The molecule has 0 saturated carbocycles. The molecule has 0 amide bonds. The number of alkyl halides is 3. The summed E-state index contributed by atoms with van der Waals surface area (Å²) in [4.78, 5) is 10.4. The zero-order valence-corrected chi connectivity index (χ0v) is 7.21. The quantitative estimate of drug-likeness (QED) is 0.622. The van der Waals surface area contributed by atoms with Crippen molar-refractivity contribution in [3.8, 4) is 0 Å². The second kappa shape index (κ2) is 4.34. The van der Waals surface area contributed by atoms with Gasteiger partial charge >= 0.3 is 12.1 Å². The largest absolute Gasteiger partial charge is 0.491 e. The predicted octanol–water partition coefficient (Wildman–Crippen LogP) is 2.13. The van der Waals surface area contributed by atoms with Crippen LogP contribution in [-0.2, 0) is 14.3 Å². The molecule has 0 aliphatic carbocycles. The number of carbonyl (C=O) groups excluding carboxylic acids is 1. The smallest absolute Gasteiger partial charge is 0.463 e. The molecule has 0 bridgehead atoms. The van der Waals surface area contributed by atoms with Crippen LogP contribution in [0.5, 0.6) is 0 Å². The van der Waals surface area contributed by atoms with E-state index in [0.717, 1.165) is 0 Å². The van der Waals surface area contributed by atoms with Crippen LogP contribution in [0.4, 0.5) is 13.2 Å². The molecule has 1 rings (SSSR count). The first-order chi connectivity index (χ1) is 6.50. The summed E-state index contributed by atoms with van der Waals surface area (Å²) >= 11 is 0. The molecule has 0 fully saturated rings. The monoisotopic (exact) mass is 210 g/mol. The van der Waals surface area contributed by atoms with Crippen molar-refractivity contribution in [3.63, 3.8) is 0 Å². The Morgan fingerprint density at radius 1 is 1.50 bits per heavy atom. The molecule has 0 spiro atoms. The summed E-state index contributed by atoms with van der Waals surface area (Å²) in [5.41, 5.74) is 0. The molecule has 6 heteroatoms. The van der Waals surface area contributed by atoms with Crippen molar-refractivity contribution in [3.05, 3.63) is 12.3 Å². The number of halogens is 3. The standard InChI is InChI=1S/C8H9F3O3/c9-8(10,11)7(12)14-6-4-2-1-3-5-13-6/h3,5-6H,1-2,4H2. The van der Waals surface area contributed by atoms with Crippen molar-refractivity contribution < 1.29 is 27.4 Å². The Kier molecular flexibility index (Phi) is 3.38. The lowest BCUT2D eigenvalue weighted by Crippen LogP contribution is -2.30. The van der Waals surface area contributed by atoms with Crippen LogP contribution >= 0.6 is 0 Å². The maximum Gasteiger partial charge on any atom is 0.491 e. The Labute approximate surface area is 78.5 Å². The van der Waals surface area contributed by atoms with Gasteiger partial charge in [-0.2, -0.15) is 13.2 Å². The zero-order valence-electron chi connectivity index (χ0n) is 7.21. The van der Waals surface area contributed by atoms with Gasteiger partial charge in [0.1, 0.15) is 0 Å². The topological polar surface area (TPSA) is 35.5 Å². The summed E-state index contributed by atoms with van der Waals surface area (Å²) in [7, 11) is 0. The predicted molar refractivity (Wildman–Crippen MR) is 40.0 cm³/mol. The minimum Gasteiger partial charge on any atom is -0.463 e. The van der Waals surface area contributed by atoms with E-state index in [-0.39, 0.29) is 6.42 Å². The van der Waals surface area contributed by atoms with E-state index < -0.39 is 18.4 Å². The van der Waals surface area contributed by atoms with Crippen LogP contribution in [0.15, 0.2) is 12.3 Å². The van der Waals surface area contributed by atoms with Crippen LogP contribution in [0.25, 0.3) is 0 Å². The highest BCUT2D eigenvalue weighted by Crippen LogP contribution is 2.20. The van der Waals surface area contributed by atoms with E-state index in [1.165, 1.54) is 6.26 Å². The van der Waals surface area contributed by atoms with Crippen molar-refractivity contribution in [2.24, 2.45) is 0 Å². The van der Waals surface area contributed by atoms with Crippen LogP contribution in [0, 0.1) is 0 Å². The molecule has 1 unspecified atom stereocenters. The summed E-state index contributed by atoms with van der Waals surface area (Å²) in [5, 5.41) is 0. The second-order valence-corrected chi connectivity index (χ2v) is 2.77. The molecule has 14 heavy (non-hydrogen) atoms. The van der Waals surface area contributed by atoms with Gasteiger partial charge in [0.2, 0.25) is 6.29 Å². The van der Waals surface area contributed by atoms with Crippen LogP contribution in [0.1, 0.15) is 19.3 Å². The lowest BCUT2D eigenvalue weighted by Gasteiger charge is -2.16. The van der Waals surface area contributed by atoms with Gasteiger partial charge in [0.05, 0.1) is 6.26 Å². The van der Waals surface area contributed by atoms with Gasteiger partial charge in [-0.1, -0.05) is 0 Å². The molecule has 1 atom stereocenters. The van der Waals surface area contributed by atoms with E-state index in [2.05, 4.69) is 4.74 Å². The van der Waals surface area contributed by atoms with Gasteiger partial charge in [-0.15, -0.1) is 0 Å². The fourth-order valence-corrected chi connectivity index (χ4v) is 0.955. The Hall–Kier alpha value is -1.20. The van der Waals surface area contributed by atoms with Crippen molar-refractivity contribution in [2.75, 3.05) is 0 Å². The maximum atomic E-state index is 11.8. The van der Waals surface area contributed by atoms with Gasteiger partial charge in [0.25, 0.3) is 0 Å². The van der Waals surface area contributed by atoms with Crippen molar-refractivity contribution in [1.29, 1.82) is 0 Å². The Morgan fingerprint density at radius 2 is 2.21 bits per heavy atom. The fourth-order valence-electron chi connectivity index (χ4n) is 0.955. The summed E-state index contributed by atoms with van der Waals surface area (Å²) in [6.07, 6.45) is -1.55. The fraction of sp³-hybridized carbons (Fsp3) is 0.625. The molecule has 0 aromatic carbocycles. The molecule has 80 valence electrons. The molecule has 0 aromatic rings. The van der Waals surface area contributed by atoms with Gasteiger partial charge in [-0.05, 0) is 18.9 Å². The third-order valence-electron chi connectivity index (χ3n) is 1.61. The second-order valence-electron chi connectivity index (χ2n) is 2.77. The van der Waals surface area contributed by atoms with Gasteiger partial charge in [0.15, 0.2) is 0 Å². The highest BCUT2D eigenvalue weighted by atomic mass is 19.4. The lowest BCUT2D eigenvalue weighted by molar-refractivity contribution is -0.220.